The number of rotatable bonds is 5. The van der Waals surface area contributed by atoms with Crippen LogP contribution in [0.1, 0.15) is 24.1 Å². The third-order valence-electron chi connectivity index (χ3n) is 2.92. The van der Waals surface area contributed by atoms with Gasteiger partial charge >= 0.3 is 0 Å². The third-order valence-corrected chi connectivity index (χ3v) is 4.32. The first-order chi connectivity index (χ1) is 8.79. The minimum Gasteiger partial charge on any atom is -0.409 e. The predicted molar refractivity (Wildman–Crippen MR) is 73.9 cm³/mol. The quantitative estimate of drug-likeness (QED) is 0.322. The van der Waals surface area contributed by atoms with Gasteiger partial charge in [0.25, 0.3) is 0 Å². The van der Waals surface area contributed by atoms with E-state index in [9.17, 15) is 0 Å². The Morgan fingerprint density at radius 3 is 3.28 bits per heavy atom. The lowest BCUT2D eigenvalue weighted by molar-refractivity contribution is 0.318. The van der Waals surface area contributed by atoms with Gasteiger partial charge in [0.2, 0.25) is 0 Å². The van der Waals surface area contributed by atoms with Crippen molar-refractivity contribution in [2.24, 2.45) is 10.9 Å². The number of oxime groups is 1. The van der Waals surface area contributed by atoms with Gasteiger partial charge in [-0.15, -0.1) is 0 Å². The fourth-order valence-electron chi connectivity index (χ4n) is 1.96. The minimum absolute atomic E-state index is 0.0446. The molecule has 0 aromatic carbocycles. The van der Waals surface area contributed by atoms with Crippen molar-refractivity contribution < 1.29 is 5.21 Å². The number of nitrogens with two attached hydrogens (primary N) is 1. The van der Waals surface area contributed by atoms with Gasteiger partial charge in [0, 0.05) is 24.5 Å². The zero-order valence-electron chi connectivity index (χ0n) is 10.2. The van der Waals surface area contributed by atoms with E-state index in [0.717, 1.165) is 23.9 Å². The number of hydrogen-bond donors (Lipinski definition) is 3. The van der Waals surface area contributed by atoms with E-state index in [4.69, 9.17) is 10.9 Å². The Balaban J connectivity index is 1.85. The Kier molecular flexibility index (Phi) is 4.83. The van der Waals surface area contributed by atoms with Crippen molar-refractivity contribution in [3.05, 3.63) is 29.6 Å². The van der Waals surface area contributed by atoms with Gasteiger partial charge in [0.05, 0.1) is 0 Å². The molecule has 1 fully saturated rings. The van der Waals surface area contributed by atoms with Crippen LogP contribution < -0.4 is 11.1 Å². The Labute approximate surface area is 111 Å². The summed E-state index contributed by atoms with van der Waals surface area (Å²) in [6, 6.07) is 3.77. The smallest absolute Gasteiger partial charge is 0.188 e. The lowest BCUT2D eigenvalue weighted by Crippen LogP contribution is -2.23. The van der Waals surface area contributed by atoms with Gasteiger partial charge in [-0.05, 0) is 36.3 Å². The monoisotopic (exact) mass is 266 g/mol. The largest absolute Gasteiger partial charge is 0.409 e. The number of thioether (sulfide) groups is 1. The van der Waals surface area contributed by atoms with Crippen LogP contribution in [0.5, 0.6) is 0 Å². The van der Waals surface area contributed by atoms with E-state index >= 15 is 0 Å². The van der Waals surface area contributed by atoms with Crippen LogP contribution in [0, 0.1) is 0 Å². The van der Waals surface area contributed by atoms with Gasteiger partial charge in [0.15, 0.2) is 5.84 Å². The SMILES string of the molecule is N/C(=N/O)c1cc(CNCC2CCCS2)ccn1. The zero-order valence-corrected chi connectivity index (χ0v) is 11.0. The second-order valence-electron chi connectivity index (χ2n) is 4.30. The summed E-state index contributed by atoms with van der Waals surface area (Å²) < 4.78 is 0. The summed E-state index contributed by atoms with van der Waals surface area (Å²) in [4.78, 5) is 4.05. The summed E-state index contributed by atoms with van der Waals surface area (Å²) >= 11 is 2.04. The molecule has 0 saturated carbocycles. The van der Waals surface area contributed by atoms with Crippen molar-refractivity contribution in [2.45, 2.75) is 24.6 Å². The zero-order chi connectivity index (χ0) is 12.8. The second-order valence-corrected chi connectivity index (χ2v) is 5.71. The molecule has 18 heavy (non-hydrogen) atoms. The molecule has 5 nitrogen and oxygen atoms in total. The number of hydrogen-bond acceptors (Lipinski definition) is 5. The van der Waals surface area contributed by atoms with Crippen LogP contribution in [0.3, 0.4) is 0 Å². The number of amidine groups is 1. The molecule has 2 heterocycles. The molecule has 0 bridgehead atoms. The van der Waals surface area contributed by atoms with Crippen LogP contribution in [-0.4, -0.2) is 33.6 Å². The van der Waals surface area contributed by atoms with Crippen molar-refractivity contribution in [2.75, 3.05) is 12.3 Å². The predicted octanol–water partition coefficient (Wildman–Crippen LogP) is 1.16. The second kappa shape index (κ2) is 6.61. The van der Waals surface area contributed by atoms with Gasteiger partial charge in [-0.2, -0.15) is 11.8 Å². The maximum atomic E-state index is 8.60. The van der Waals surface area contributed by atoms with Crippen molar-refractivity contribution in [1.29, 1.82) is 0 Å². The molecule has 1 aliphatic rings. The Morgan fingerprint density at radius 1 is 1.67 bits per heavy atom. The molecule has 0 spiro atoms. The topological polar surface area (TPSA) is 83.5 Å². The lowest BCUT2D eigenvalue weighted by atomic mass is 10.2. The summed E-state index contributed by atoms with van der Waals surface area (Å²) in [7, 11) is 0. The number of nitrogens with one attached hydrogen (secondary N) is 1. The van der Waals surface area contributed by atoms with E-state index in [-0.39, 0.29) is 5.84 Å². The standard InChI is InChI=1S/C12H18N4OS/c13-12(16-17)11-6-9(3-4-15-11)7-14-8-10-2-1-5-18-10/h3-4,6,10,14,17H,1-2,5,7-8H2,(H2,13,16). The number of pyridine rings is 1. The number of nitrogens with zero attached hydrogens (tertiary/aromatic N) is 2. The molecule has 1 aromatic rings. The molecule has 1 aliphatic heterocycles. The maximum absolute atomic E-state index is 8.60. The molecule has 0 amide bonds. The first-order valence-electron chi connectivity index (χ1n) is 6.04. The van der Waals surface area contributed by atoms with Crippen LogP contribution in [0.2, 0.25) is 0 Å². The summed E-state index contributed by atoms with van der Waals surface area (Å²) in [6.45, 7) is 1.82. The van der Waals surface area contributed by atoms with Crippen molar-refractivity contribution in [3.63, 3.8) is 0 Å². The fraction of sp³-hybridized carbons (Fsp3) is 0.500. The summed E-state index contributed by atoms with van der Waals surface area (Å²) in [5, 5.41) is 15.7. The first kappa shape index (κ1) is 13.2. The molecular formula is C12H18N4OS. The van der Waals surface area contributed by atoms with Crippen LogP contribution in [0.15, 0.2) is 23.5 Å². The maximum Gasteiger partial charge on any atom is 0.188 e. The molecule has 1 unspecified atom stereocenters. The Morgan fingerprint density at radius 2 is 2.56 bits per heavy atom. The highest BCUT2D eigenvalue weighted by molar-refractivity contribution is 8.00. The van der Waals surface area contributed by atoms with Crippen molar-refractivity contribution in [1.82, 2.24) is 10.3 Å². The normalized spacial score (nSPS) is 20.2. The van der Waals surface area contributed by atoms with Gasteiger partial charge in [-0.25, -0.2) is 0 Å². The van der Waals surface area contributed by atoms with Gasteiger partial charge < -0.3 is 16.3 Å². The summed E-state index contributed by atoms with van der Waals surface area (Å²) in [6.07, 6.45) is 4.32. The van der Waals surface area contributed by atoms with E-state index in [1.165, 1.54) is 18.6 Å². The van der Waals surface area contributed by atoms with Crippen LogP contribution >= 0.6 is 11.8 Å². The highest BCUT2D eigenvalue weighted by Gasteiger charge is 2.14. The van der Waals surface area contributed by atoms with Crippen LogP contribution in [0.4, 0.5) is 0 Å². The van der Waals surface area contributed by atoms with Crippen molar-refractivity contribution >= 4 is 17.6 Å². The Bertz CT molecular complexity index is 418. The lowest BCUT2D eigenvalue weighted by Gasteiger charge is -2.10. The molecule has 6 heteroatoms. The average molecular weight is 266 g/mol. The summed E-state index contributed by atoms with van der Waals surface area (Å²) in [5.74, 6) is 1.33. The van der Waals surface area contributed by atoms with E-state index < -0.39 is 0 Å². The molecule has 1 saturated heterocycles. The molecule has 1 atom stereocenters. The summed E-state index contributed by atoms with van der Waals surface area (Å²) in [5.41, 5.74) is 7.10. The van der Waals surface area contributed by atoms with Gasteiger partial charge in [0.1, 0.15) is 5.69 Å². The van der Waals surface area contributed by atoms with Gasteiger partial charge in [-0.1, -0.05) is 5.16 Å². The minimum atomic E-state index is 0.0446. The van der Waals surface area contributed by atoms with E-state index in [0.29, 0.717) is 5.69 Å². The molecular weight excluding hydrogens is 248 g/mol. The van der Waals surface area contributed by atoms with Crippen LogP contribution in [0.25, 0.3) is 0 Å². The highest BCUT2D eigenvalue weighted by Crippen LogP contribution is 2.25. The molecule has 1 aromatic heterocycles. The van der Waals surface area contributed by atoms with E-state index in [1.807, 2.05) is 23.9 Å². The van der Waals surface area contributed by atoms with Gasteiger partial charge in [-0.3, -0.25) is 4.98 Å². The van der Waals surface area contributed by atoms with Crippen LogP contribution in [-0.2, 0) is 6.54 Å². The van der Waals surface area contributed by atoms with E-state index in [2.05, 4.69) is 15.5 Å². The molecule has 2 rings (SSSR count). The van der Waals surface area contributed by atoms with E-state index in [1.54, 1.807) is 6.20 Å². The molecule has 98 valence electrons. The average Bonchev–Trinajstić information content (AvgIpc) is 2.91. The third kappa shape index (κ3) is 3.61. The first-order valence-corrected chi connectivity index (χ1v) is 7.09. The highest BCUT2D eigenvalue weighted by atomic mass is 32.2. The number of aromatic nitrogens is 1. The van der Waals surface area contributed by atoms with Crippen molar-refractivity contribution in [3.8, 4) is 0 Å². The fourth-order valence-corrected chi connectivity index (χ4v) is 3.19. The molecule has 4 N–H and O–H groups in total. The Hall–Kier alpha value is -1.27. The molecule has 0 radical (unpaired) electrons. The molecule has 0 aliphatic carbocycles.